The van der Waals surface area contributed by atoms with Gasteiger partial charge >= 0.3 is 0 Å². The first-order valence-electron chi connectivity index (χ1n) is 7.76. The van der Waals surface area contributed by atoms with E-state index in [4.69, 9.17) is 28.9 Å². The summed E-state index contributed by atoms with van der Waals surface area (Å²) >= 11 is 17.7. The van der Waals surface area contributed by atoms with E-state index in [2.05, 4.69) is 37.9 Å². The molecule has 3 rings (SSSR count). The van der Waals surface area contributed by atoms with Gasteiger partial charge in [0.1, 0.15) is 0 Å². The van der Waals surface area contributed by atoms with Crippen LogP contribution in [0, 0.1) is 10.1 Å². The monoisotopic (exact) mass is 467 g/mol. The number of benzene rings is 2. The number of hydrogen-bond acceptors (Lipinski definition) is 7. The maximum Gasteiger partial charge on any atom is 0.283 e. The van der Waals surface area contributed by atoms with Crippen molar-refractivity contribution < 1.29 is 4.92 Å². The number of aromatic nitrogens is 3. The quantitative estimate of drug-likeness (QED) is 0.214. The number of nitro benzene ring substituents is 1. The molecule has 0 bridgehead atoms. The topological polar surface area (TPSA) is 135 Å². The summed E-state index contributed by atoms with van der Waals surface area (Å²) in [6.07, 6.45) is 1.37. The third kappa shape index (κ3) is 5.41. The molecule has 0 atom stereocenters. The van der Waals surface area contributed by atoms with Crippen molar-refractivity contribution in [3.05, 3.63) is 62.1 Å². The number of nitrogens with two attached hydrogens (primary N) is 1. The molecule has 13 heteroatoms. The predicted octanol–water partition coefficient (Wildman–Crippen LogP) is 4.01. The number of hydrogen-bond donors (Lipinski definition) is 3. The van der Waals surface area contributed by atoms with Gasteiger partial charge < -0.3 is 5.73 Å². The average Bonchev–Trinajstić information content (AvgIpc) is 3.10. The molecule has 29 heavy (non-hydrogen) atoms. The molecule has 0 radical (unpaired) electrons. The normalized spacial score (nSPS) is 11.0. The lowest BCUT2D eigenvalue weighted by molar-refractivity contribution is -0.387. The van der Waals surface area contributed by atoms with Crippen LogP contribution in [-0.2, 0) is 0 Å². The third-order valence-electron chi connectivity index (χ3n) is 3.42. The molecular formula is C16H11Cl2N7O2S2. The Labute approximate surface area is 183 Å². The van der Waals surface area contributed by atoms with Gasteiger partial charge in [-0.25, -0.2) is 4.98 Å². The number of H-pyrrole nitrogens is 1. The van der Waals surface area contributed by atoms with Crippen molar-refractivity contribution in [1.29, 1.82) is 0 Å². The summed E-state index contributed by atoms with van der Waals surface area (Å²) in [6.45, 7) is 0. The maximum absolute atomic E-state index is 11.5. The van der Waals surface area contributed by atoms with E-state index < -0.39 is 4.92 Å². The van der Waals surface area contributed by atoms with Gasteiger partial charge in [-0.1, -0.05) is 29.3 Å². The fourth-order valence-electron chi connectivity index (χ4n) is 2.21. The molecule has 148 valence electrons. The van der Waals surface area contributed by atoms with Crippen molar-refractivity contribution in [3.63, 3.8) is 0 Å². The van der Waals surface area contributed by atoms with E-state index in [-0.39, 0.29) is 10.8 Å². The Bertz CT molecular complexity index is 1120. The van der Waals surface area contributed by atoms with Crippen LogP contribution < -0.4 is 11.2 Å². The van der Waals surface area contributed by atoms with Crippen molar-refractivity contribution in [2.75, 3.05) is 0 Å². The van der Waals surface area contributed by atoms with E-state index in [1.54, 1.807) is 30.3 Å². The number of aromatic amines is 1. The summed E-state index contributed by atoms with van der Waals surface area (Å²) in [4.78, 5) is 15.7. The van der Waals surface area contributed by atoms with Gasteiger partial charge in [-0.2, -0.15) is 5.10 Å². The highest BCUT2D eigenvalue weighted by Gasteiger charge is 2.18. The second-order valence-electron chi connectivity index (χ2n) is 5.41. The number of nitro groups is 1. The van der Waals surface area contributed by atoms with Crippen LogP contribution in [-0.4, -0.2) is 31.4 Å². The SMILES string of the molecule is NC(=S)N/N=C\c1ccc(Sc2n[nH]c(-c3ccc(Cl)cc3Cl)n2)c([N+](=O)[O-])c1. The first kappa shape index (κ1) is 21.0. The fraction of sp³-hybridized carbons (Fsp3) is 0. The van der Waals surface area contributed by atoms with E-state index in [1.807, 2.05) is 0 Å². The Hall–Kier alpha value is -2.73. The van der Waals surface area contributed by atoms with Crippen LogP contribution in [0.15, 0.2) is 51.6 Å². The Morgan fingerprint density at radius 2 is 2.14 bits per heavy atom. The Morgan fingerprint density at radius 3 is 2.83 bits per heavy atom. The molecule has 0 unspecified atom stereocenters. The van der Waals surface area contributed by atoms with Crippen molar-refractivity contribution in [2.24, 2.45) is 10.8 Å². The van der Waals surface area contributed by atoms with Crippen LogP contribution in [0.25, 0.3) is 11.4 Å². The molecule has 0 fully saturated rings. The Balaban J connectivity index is 1.84. The van der Waals surface area contributed by atoms with Crippen molar-refractivity contribution in [2.45, 2.75) is 10.1 Å². The van der Waals surface area contributed by atoms with E-state index in [0.29, 0.717) is 37.0 Å². The molecule has 0 saturated carbocycles. The lowest BCUT2D eigenvalue weighted by Gasteiger charge is -2.02. The highest BCUT2D eigenvalue weighted by Crippen LogP contribution is 2.35. The van der Waals surface area contributed by atoms with Crippen LogP contribution in [0.5, 0.6) is 0 Å². The third-order valence-corrected chi connectivity index (χ3v) is 4.99. The molecule has 4 N–H and O–H groups in total. The van der Waals surface area contributed by atoms with Crippen LogP contribution in [0.3, 0.4) is 0 Å². The second kappa shape index (κ2) is 9.18. The number of nitrogens with one attached hydrogen (secondary N) is 2. The molecule has 0 aliphatic carbocycles. The molecule has 2 aromatic carbocycles. The van der Waals surface area contributed by atoms with Crippen molar-refractivity contribution in [1.82, 2.24) is 20.6 Å². The molecule has 0 amide bonds. The van der Waals surface area contributed by atoms with Crippen molar-refractivity contribution in [3.8, 4) is 11.4 Å². The Kier molecular flexibility index (Phi) is 6.64. The van der Waals surface area contributed by atoms with Gasteiger partial charge in [0.2, 0.25) is 5.16 Å². The highest BCUT2D eigenvalue weighted by molar-refractivity contribution is 7.99. The zero-order chi connectivity index (χ0) is 21.0. The number of thiocarbonyl (C=S) groups is 1. The number of rotatable bonds is 6. The van der Waals surface area contributed by atoms with E-state index in [0.717, 1.165) is 11.8 Å². The van der Waals surface area contributed by atoms with Gasteiger partial charge in [0.15, 0.2) is 10.9 Å². The van der Waals surface area contributed by atoms with E-state index in [1.165, 1.54) is 12.3 Å². The van der Waals surface area contributed by atoms with E-state index in [9.17, 15) is 10.1 Å². The zero-order valence-electron chi connectivity index (χ0n) is 14.3. The van der Waals surface area contributed by atoms with Gasteiger partial charge in [0, 0.05) is 22.2 Å². The van der Waals surface area contributed by atoms with Crippen LogP contribution in [0.2, 0.25) is 10.0 Å². The lowest BCUT2D eigenvalue weighted by atomic mass is 10.2. The minimum atomic E-state index is -0.496. The standard InChI is InChI=1S/C16H11Cl2N7O2S2/c17-9-2-3-10(11(18)6-9)14-21-16(24-22-14)29-13-4-1-8(5-12(13)25(26)27)7-20-23-15(19)28/h1-7H,(H3,19,23,28)(H,21,22,24)/b20-7-. The summed E-state index contributed by atoms with van der Waals surface area (Å²) in [5.41, 5.74) is 8.64. The molecule has 9 nitrogen and oxygen atoms in total. The molecule has 0 spiro atoms. The summed E-state index contributed by atoms with van der Waals surface area (Å²) < 4.78 is 0. The largest absolute Gasteiger partial charge is 0.375 e. The highest BCUT2D eigenvalue weighted by atomic mass is 35.5. The summed E-state index contributed by atoms with van der Waals surface area (Å²) in [6, 6.07) is 9.58. The first-order chi connectivity index (χ1) is 13.8. The lowest BCUT2D eigenvalue weighted by Crippen LogP contribution is -2.23. The minimum Gasteiger partial charge on any atom is -0.375 e. The summed E-state index contributed by atoms with van der Waals surface area (Å²) in [5.74, 6) is 0.421. The molecule has 1 heterocycles. The first-order valence-corrected chi connectivity index (χ1v) is 9.74. The maximum atomic E-state index is 11.5. The van der Waals surface area contributed by atoms with E-state index >= 15 is 0 Å². The number of hydrazone groups is 1. The number of nitrogens with zero attached hydrogens (tertiary/aromatic N) is 4. The van der Waals surface area contributed by atoms with Gasteiger partial charge in [0.25, 0.3) is 5.69 Å². The smallest absolute Gasteiger partial charge is 0.283 e. The molecule has 3 aromatic rings. The molecule has 0 saturated heterocycles. The molecule has 0 aliphatic rings. The fourth-order valence-corrected chi connectivity index (χ4v) is 3.56. The molecule has 0 aliphatic heterocycles. The Morgan fingerprint density at radius 1 is 1.34 bits per heavy atom. The van der Waals surface area contributed by atoms with Crippen molar-refractivity contribution >= 4 is 64.2 Å². The summed E-state index contributed by atoms with van der Waals surface area (Å²) in [5, 5.41) is 23.3. The van der Waals surface area contributed by atoms with Gasteiger partial charge in [-0.05, 0) is 48.2 Å². The zero-order valence-corrected chi connectivity index (χ0v) is 17.4. The van der Waals surface area contributed by atoms with Crippen LogP contribution in [0.1, 0.15) is 5.56 Å². The average molecular weight is 468 g/mol. The van der Waals surface area contributed by atoms with Crippen LogP contribution in [0.4, 0.5) is 5.69 Å². The summed E-state index contributed by atoms with van der Waals surface area (Å²) in [7, 11) is 0. The minimum absolute atomic E-state index is 0.0101. The second-order valence-corrected chi connectivity index (χ2v) is 7.70. The molecular weight excluding hydrogens is 457 g/mol. The van der Waals surface area contributed by atoms with Gasteiger partial charge in [-0.3, -0.25) is 20.6 Å². The molecule has 1 aromatic heterocycles. The number of halogens is 2. The predicted molar refractivity (Wildman–Crippen MR) is 117 cm³/mol. The van der Waals surface area contributed by atoms with Gasteiger partial charge in [-0.15, -0.1) is 5.10 Å². The van der Waals surface area contributed by atoms with Crippen LogP contribution >= 0.6 is 47.2 Å². The van der Waals surface area contributed by atoms with Gasteiger partial charge in [0.05, 0.1) is 21.1 Å².